The molecule has 8 heterocycles. The number of morpholine rings is 2. The molecule has 0 amide bonds. The molecule has 15 aliphatic rings. The Morgan fingerprint density at radius 3 is 1.53 bits per heavy atom. The normalized spacial score (nSPS) is 33.3. The highest BCUT2D eigenvalue weighted by Crippen LogP contribution is 2.67. The average molecular weight is 1400 g/mol. The van der Waals surface area contributed by atoms with E-state index in [0.29, 0.717) is 77.7 Å². The Balaban J connectivity index is 0.657. The monoisotopic (exact) mass is 1390 g/mol. The van der Waals surface area contributed by atoms with Crippen LogP contribution in [0.5, 0.6) is 34.5 Å². The lowest BCUT2D eigenvalue weighted by Gasteiger charge is -2.68. The molecule has 0 spiro atoms. The minimum Gasteiger partial charge on any atom is -0.491 e. The van der Waals surface area contributed by atoms with Gasteiger partial charge in [0.25, 0.3) is 6.71 Å². The highest BCUT2D eigenvalue weighted by atomic mass is 16.5. The zero-order valence-corrected chi connectivity index (χ0v) is 61.9. The molecule has 9 fully saturated rings. The van der Waals surface area contributed by atoms with Gasteiger partial charge >= 0.3 is 0 Å². The van der Waals surface area contributed by atoms with Gasteiger partial charge in [0.05, 0.1) is 53.6 Å². The van der Waals surface area contributed by atoms with Crippen LogP contribution in [-0.2, 0) is 20.3 Å². The molecule has 8 aliphatic heterocycles. The van der Waals surface area contributed by atoms with Crippen LogP contribution in [-0.4, -0.2) is 73.1 Å². The Morgan fingerprint density at radius 2 is 0.877 bits per heavy atom. The summed E-state index contributed by atoms with van der Waals surface area (Å²) in [5, 5.41) is 0. The molecule has 8 nitrogen and oxygen atoms in total. The Bertz CT molecular complexity index is 4980. The van der Waals surface area contributed by atoms with Gasteiger partial charge < -0.3 is 33.3 Å². The fourth-order valence-electron chi connectivity index (χ4n) is 27.2. The molecule has 0 radical (unpaired) electrons. The van der Waals surface area contributed by atoms with E-state index in [4.69, 9.17) is 28.4 Å². The summed E-state index contributed by atoms with van der Waals surface area (Å²) in [5.41, 5.74) is 21.5. The van der Waals surface area contributed by atoms with E-state index in [9.17, 15) is 0 Å². The summed E-state index contributed by atoms with van der Waals surface area (Å²) in [6.07, 6.45) is 24.9. The van der Waals surface area contributed by atoms with E-state index in [1.807, 2.05) is 0 Å². The second-order valence-corrected chi connectivity index (χ2v) is 36.7. The van der Waals surface area contributed by atoms with Crippen LogP contribution in [0.1, 0.15) is 166 Å². The predicted octanol–water partition coefficient (Wildman–Crippen LogP) is 18.7. The number of benzene rings is 9. The molecule has 9 aromatic carbocycles. The summed E-state index contributed by atoms with van der Waals surface area (Å²) >= 11 is 0. The van der Waals surface area contributed by atoms with E-state index >= 15 is 0 Å². The number of fused-ring (bicyclic) bond motifs is 26. The number of ether oxygens (including phenoxy) is 6. The standard InChI is InChI=1S/C96H96B2N2O6/c1-95(2)65-27-9-14-32-73(65)99-74-33-15-10-28-66(74)96(3,4)68-47-55(46-67(95)91(68)99)57-43-41-53(45-62(57)56-49-83-89-84(50-56)102-78-37-19-12-30-70(78)97(89)69-29-11-18-36-77(69)101-83)54-42-44-80-72(48-54)98-71-31-13-20-38-79(71)103-85-51-63-59-24-6-8-26-61(59)88-64(58-23-5-7-25-60(58)87(63)93(105-80)90(85)98)52-86-92-94(88)106-82-40-22-17-35-76(82)100(92)75-34-16-21-39-81(75)104-86/h9-15,18-20,27-33,36-38,41-50,58-61,63-64,75-76,81-82,85-88,90,92-94H,5-8,16-17,21-26,34-35,39-40,51-52H2,1-4H3. The number of rotatable bonds is 3. The quantitative estimate of drug-likeness (QED) is 0.128. The van der Waals surface area contributed by atoms with Crippen LogP contribution in [0.4, 0.5) is 17.1 Å². The van der Waals surface area contributed by atoms with Crippen LogP contribution in [0, 0.1) is 47.3 Å². The number of para-hydroxylation sites is 5. The maximum atomic E-state index is 8.18. The minimum atomic E-state index is -0.308. The number of hydrogen-bond donors (Lipinski definition) is 0. The third kappa shape index (κ3) is 8.84. The smallest absolute Gasteiger partial charge is 0.260 e. The number of anilines is 3. The van der Waals surface area contributed by atoms with Gasteiger partial charge in [0.1, 0.15) is 40.6 Å². The van der Waals surface area contributed by atoms with E-state index in [1.54, 1.807) is 0 Å². The van der Waals surface area contributed by atoms with Crippen molar-refractivity contribution in [3.63, 3.8) is 0 Å². The van der Waals surface area contributed by atoms with Crippen LogP contribution in [0.15, 0.2) is 182 Å². The van der Waals surface area contributed by atoms with Crippen LogP contribution in [0.3, 0.4) is 0 Å². The zero-order valence-electron chi connectivity index (χ0n) is 61.9. The first-order valence-electron chi connectivity index (χ1n) is 41.8. The Labute approximate surface area is 626 Å². The second kappa shape index (κ2) is 23.3. The molecule has 9 aromatic rings. The van der Waals surface area contributed by atoms with E-state index in [-0.39, 0.29) is 54.5 Å². The zero-order chi connectivity index (χ0) is 69.7. The first-order valence-corrected chi connectivity index (χ1v) is 41.8. The van der Waals surface area contributed by atoms with Crippen molar-refractivity contribution in [1.29, 1.82) is 0 Å². The first kappa shape index (κ1) is 63.0. The summed E-state index contributed by atoms with van der Waals surface area (Å²) in [7, 11) is 0. The van der Waals surface area contributed by atoms with Gasteiger partial charge in [-0.25, -0.2) is 0 Å². The summed E-state index contributed by atoms with van der Waals surface area (Å²) in [4.78, 5) is 5.77. The lowest BCUT2D eigenvalue weighted by molar-refractivity contribution is -0.305. The van der Waals surface area contributed by atoms with Gasteiger partial charge in [-0.1, -0.05) is 194 Å². The molecule has 10 heteroatoms. The first-order chi connectivity index (χ1) is 52.1. The van der Waals surface area contributed by atoms with Crippen molar-refractivity contribution in [2.75, 3.05) is 4.90 Å². The molecule has 0 N–H and O–H groups in total. The van der Waals surface area contributed by atoms with E-state index in [1.165, 1.54) is 182 Å². The van der Waals surface area contributed by atoms with Gasteiger partial charge in [0.2, 0.25) is 6.71 Å². The van der Waals surface area contributed by atoms with Crippen molar-refractivity contribution in [3.05, 3.63) is 204 Å². The fourth-order valence-corrected chi connectivity index (χ4v) is 27.2. The Hall–Kier alpha value is -8.01. The molecule has 18 atom stereocenters. The highest BCUT2D eigenvalue weighted by Gasteiger charge is 2.68. The molecule has 532 valence electrons. The Morgan fingerprint density at radius 1 is 0.368 bits per heavy atom. The lowest BCUT2D eigenvalue weighted by Crippen LogP contribution is -2.77. The van der Waals surface area contributed by atoms with Crippen molar-refractivity contribution in [2.45, 2.75) is 215 Å². The maximum absolute atomic E-state index is 8.18. The van der Waals surface area contributed by atoms with Gasteiger partial charge in [-0.2, -0.15) is 0 Å². The molecular weight excluding hydrogens is 1300 g/mol. The maximum Gasteiger partial charge on any atom is 0.260 e. The van der Waals surface area contributed by atoms with Gasteiger partial charge in [0.15, 0.2) is 0 Å². The molecule has 18 unspecified atom stereocenters. The summed E-state index contributed by atoms with van der Waals surface area (Å²) in [6.45, 7) is 9.86. The number of nitrogens with zero attached hydrogens (tertiary/aromatic N) is 2. The highest BCUT2D eigenvalue weighted by molar-refractivity contribution is 6.98. The van der Waals surface area contributed by atoms with Gasteiger partial charge in [-0.05, 0) is 250 Å². The fraction of sp³-hybridized carbons (Fsp3) is 0.438. The second-order valence-electron chi connectivity index (χ2n) is 36.7. The van der Waals surface area contributed by atoms with Gasteiger partial charge in [-0.3, -0.25) is 4.90 Å². The molecule has 106 heavy (non-hydrogen) atoms. The molecule has 0 bridgehead atoms. The molecule has 7 aliphatic carbocycles. The van der Waals surface area contributed by atoms with Crippen LogP contribution >= 0.6 is 0 Å². The van der Waals surface area contributed by atoms with Crippen molar-refractivity contribution >= 4 is 57.8 Å². The molecule has 2 saturated heterocycles. The van der Waals surface area contributed by atoms with E-state index in [2.05, 4.69) is 219 Å². The van der Waals surface area contributed by atoms with Gasteiger partial charge in [-0.15, -0.1) is 0 Å². The predicted molar refractivity (Wildman–Crippen MR) is 425 cm³/mol. The van der Waals surface area contributed by atoms with Crippen LogP contribution in [0.25, 0.3) is 33.4 Å². The van der Waals surface area contributed by atoms with Crippen molar-refractivity contribution in [2.24, 2.45) is 47.3 Å². The minimum absolute atomic E-state index is 0.0276. The molecule has 24 rings (SSSR count). The third-order valence-corrected chi connectivity index (χ3v) is 31.4. The largest absolute Gasteiger partial charge is 0.491 e. The molecular formula is C96H96B2N2O6. The topological polar surface area (TPSA) is 61.9 Å². The van der Waals surface area contributed by atoms with Gasteiger partial charge in [0, 0.05) is 40.1 Å². The molecule has 7 saturated carbocycles. The summed E-state index contributed by atoms with van der Waals surface area (Å²) < 4.78 is 45.9. The van der Waals surface area contributed by atoms with E-state index < -0.39 is 0 Å². The lowest BCUT2D eigenvalue weighted by atomic mass is 9.27. The number of hydrogen-bond acceptors (Lipinski definition) is 8. The Kier molecular flexibility index (Phi) is 13.8. The van der Waals surface area contributed by atoms with Crippen molar-refractivity contribution in [1.82, 2.24) is 4.90 Å². The third-order valence-electron chi connectivity index (χ3n) is 31.4. The van der Waals surface area contributed by atoms with Crippen molar-refractivity contribution < 1.29 is 28.4 Å². The van der Waals surface area contributed by atoms with Crippen LogP contribution < -0.4 is 51.2 Å². The van der Waals surface area contributed by atoms with Crippen molar-refractivity contribution in [3.8, 4) is 67.9 Å². The summed E-state index contributed by atoms with van der Waals surface area (Å²) in [5.74, 6) is 10.5. The van der Waals surface area contributed by atoms with Crippen LogP contribution in [0.2, 0.25) is 5.82 Å². The van der Waals surface area contributed by atoms with E-state index in [0.717, 1.165) is 68.4 Å². The summed E-state index contributed by atoms with van der Waals surface area (Å²) in [6, 6.07) is 70.7. The average Bonchev–Trinajstić information content (AvgIpc) is 0.696. The SMILES string of the molecule is CC1(C)c2ccccc2N2c3ccccc3C(C)(C)c3cc(-c4ccc(-c5ccc6c(c5)B5c7ccccc7OC7CC8C9CCCCC9C9C(CC%10OC%11CCCCC%11N%11C%12CCCCC%12OC9C%10%11)C9CCCCC9C8C(O6)C57)cc4-c4cc5c6c(c4)Oc4ccccc4B6c4ccccc4O5)cc1c32. The molecule has 0 aromatic heterocycles.